The van der Waals surface area contributed by atoms with E-state index in [9.17, 15) is 20.2 Å². The first-order valence-electron chi connectivity index (χ1n) is 4.48. The van der Waals surface area contributed by atoms with Gasteiger partial charge in [0.25, 0.3) is 0 Å². The molecule has 7 heteroatoms. The van der Waals surface area contributed by atoms with E-state index in [1.54, 1.807) is 0 Å². The van der Waals surface area contributed by atoms with Crippen LogP contribution in [0.25, 0.3) is 0 Å². The fraction of sp³-hybridized carbons (Fsp3) is 1.00. The largest absolute Gasteiger partial charge is 0.356 e. The first-order valence-corrected chi connectivity index (χ1v) is 4.48. The van der Waals surface area contributed by atoms with Crippen molar-refractivity contribution in [2.45, 2.75) is 38.9 Å². The summed E-state index contributed by atoms with van der Waals surface area (Å²) >= 11 is 0. The zero-order valence-electron chi connectivity index (χ0n) is 9.35. The monoisotopic (exact) mass is 220 g/mol. The Kier molecular flexibility index (Phi) is 4.15. The van der Waals surface area contributed by atoms with Crippen molar-refractivity contribution in [2.75, 3.05) is 13.1 Å². The molecule has 0 rings (SSSR count). The van der Waals surface area contributed by atoms with Gasteiger partial charge < -0.3 is 4.74 Å². The standard InChI is InChI=1S/C8H16N2O5/c1-7(2,5-9(11)12)15-8(3,4)6-10(13)14/h5-6H2,1-4H3. The van der Waals surface area contributed by atoms with E-state index in [1.807, 2.05) is 0 Å². The van der Waals surface area contributed by atoms with Crippen molar-refractivity contribution in [2.24, 2.45) is 0 Å². The van der Waals surface area contributed by atoms with Gasteiger partial charge in [-0.15, -0.1) is 0 Å². The van der Waals surface area contributed by atoms with E-state index in [4.69, 9.17) is 4.74 Å². The molecule has 0 saturated carbocycles. The minimum Gasteiger partial charge on any atom is -0.356 e. The molecule has 0 bridgehead atoms. The lowest BCUT2D eigenvalue weighted by atomic mass is 10.1. The first-order chi connectivity index (χ1) is 6.54. The molecule has 0 aromatic heterocycles. The zero-order chi connectivity index (χ0) is 12.3. The molecule has 0 N–H and O–H groups in total. The lowest BCUT2D eigenvalue weighted by Gasteiger charge is -2.30. The highest BCUT2D eigenvalue weighted by Gasteiger charge is 2.36. The Morgan fingerprint density at radius 2 is 1.20 bits per heavy atom. The van der Waals surface area contributed by atoms with Gasteiger partial charge in [-0.25, -0.2) is 0 Å². The number of nitrogens with zero attached hydrogens (tertiary/aromatic N) is 2. The molecule has 0 aliphatic heterocycles. The van der Waals surface area contributed by atoms with Crippen molar-refractivity contribution in [1.29, 1.82) is 0 Å². The normalized spacial score (nSPS) is 12.5. The summed E-state index contributed by atoms with van der Waals surface area (Å²) in [5.74, 6) is 0. The van der Waals surface area contributed by atoms with E-state index in [1.165, 1.54) is 27.7 Å². The van der Waals surface area contributed by atoms with Gasteiger partial charge in [-0.1, -0.05) is 0 Å². The molecule has 0 saturated heterocycles. The number of hydrogen-bond acceptors (Lipinski definition) is 5. The van der Waals surface area contributed by atoms with Crippen LogP contribution in [0.15, 0.2) is 0 Å². The zero-order valence-corrected chi connectivity index (χ0v) is 9.35. The van der Waals surface area contributed by atoms with Crippen LogP contribution in [0.5, 0.6) is 0 Å². The molecule has 15 heavy (non-hydrogen) atoms. The maximum Gasteiger partial charge on any atom is 0.231 e. The average Bonchev–Trinajstić information content (AvgIpc) is 1.73. The predicted octanol–water partition coefficient (Wildman–Crippen LogP) is 1.11. The Morgan fingerprint density at radius 3 is 1.40 bits per heavy atom. The summed E-state index contributed by atoms with van der Waals surface area (Å²) in [6.07, 6.45) is 0. The third-order valence-corrected chi connectivity index (χ3v) is 1.57. The molecule has 0 amide bonds. The molecule has 0 aliphatic carbocycles. The predicted molar refractivity (Wildman–Crippen MR) is 53.0 cm³/mol. The molecule has 0 heterocycles. The van der Waals surface area contributed by atoms with E-state index in [0.717, 1.165) is 0 Å². The second kappa shape index (κ2) is 4.52. The van der Waals surface area contributed by atoms with Crippen molar-refractivity contribution in [3.05, 3.63) is 20.2 Å². The molecule has 7 nitrogen and oxygen atoms in total. The maximum absolute atomic E-state index is 10.3. The molecule has 0 aromatic carbocycles. The van der Waals surface area contributed by atoms with Crippen molar-refractivity contribution >= 4 is 0 Å². The van der Waals surface area contributed by atoms with Crippen LogP contribution in [0.4, 0.5) is 0 Å². The summed E-state index contributed by atoms with van der Waals surface area (Å²) in [6, 6.07) is 0. The molecule has 0 aliphatic rings. The molecule has 0 atom stereocenters. The molecule has 88 valence electrons. The molecule has 0 aromatic rings. The molecule has 0 spiro atoms. The lowest BCUT2D eigenvalue weighted by Crippen LogP contribution is -2.45. The molecule has 0 fully saturated rings. The van der Waals surface area contributed by atoms with E-state index < -0.39 is 21.0 Å². The van der Waals surface area contributed by atoms with Crippen molar-refractivity contribution in [1.82, 2.24) is 0 Å². The highest BCUT2D eigenvalue weighted by atomic mass is 16.6. The summed E-state index contributed by atoms with van der Waals surface area (Å²) in [7, 11) is 0. The maximum atomic E-state index is 10.3. The fourth-order valence-corrected chi connectivity index (χ4v) is 1.43. The second-order valence-electron chi connectivity index (χ2n) is 4.60. The van der Waals surface area contributed by atoms with Gasteiger partial charge in [0.2, 0.25) is 13.1 Å². The van der Waals surface area contributed by atoms with Gasteiger partial charge in [0.05, 0.1) is 0 Å². The summed E-state index contributed by atoms with van der Waals surface area (Å²) < 4.78 is 5.36. The van der Waals surface area contributed by atoms with E-state index in [0.29, 0.717) is 0 Å². The quantitative estimate of drug-likeness (QED) is 0.493. The topological polar surface area (TPSA) is 95.5 Å². The highest BCUT2D eigenvalue weighted by Crippen LogP contribution is 2.20. The minimum absolute atomic E-state index is 0.381. The summed E-state index contributed by atoms with van der Waals surface area (Å²) in [5, 5.41) is 20.6. The Balaban J connectivity index is 4.42. The third kappa shape index (κ3) is 6.78. The Hall–Kier alpha value is -1.24. The van der Waals surface area contributed by atoms with Crippen LogP contribution in [-0.4, -0.2) is 34.1 Å². The number of rotatable bonds is 6. The van der Waals surface area contributed by atoms with Gasteiger partial charge in [0, 0.05) is 9.85 Å². The van der Waals surface area contributed by atoms with Crippen molar-refractivity contribution < 1.29 is 14.6 Å². The lowest BCUT2D eigenvalue weighted by molar-refractivity contribution is -0.520. The number of hydrogen-bond donors (Lipinski definition) is 0. The van der Waals surface area contributed by atoms with E-state index >= 15 is 0 Å². The SMILES string of the molecule is CC(C)(C[N+](=O)[O-])OC(C)(C)C[N+](=O)[O-]. The summed E-state index contributed by atoms with van der Waals surface area (Å²) in [6.45, 7) is 5.40. The van der Waals surface area contributed by atoms with Gasteiger partial charge >= 0.3 is 0 Å². The fourth-order valence-electron chi connectivity index (χ4n) is 1.43. The number of nitro groups is 2. The first kappa shape index (κ1) is 13.8. The molecular weight excluding hydrogens is 204 g/mol. The molecule has 0 radical (unpaired) electrons. The summed E-state index contributed by atoms with van der Waals surface area (Å²) in [5.41, 5.74) is -2.02. The average molecular weight is 220 g/mol. The highest BCUT2D eigenvalue weighted by molar-refractivity contribution is 4.76. The van der Waals surface area contributed by atoms with Crippen LogP contribution in [0.2, 0.25) is 0 Å². The number of ether oxygens (including phenoxy) is 1. The Bertz CT molecular complexity index is 236. The Labute approximate surface area is 87.7 Å². The van der Waals surface area contributed by atoms with Crippen LogP contribution < -0.4 is 0 Å². The van der Waals surface area contributed by atoms with Crippen molar-refractivity contribution in [3.63, 3.8) is 0 Å². The summed E-state index contributed by atoms with van der Waals surface area (Å²) in [4.78, 5) is 19.6. The van der Waals surface area contributed by atoms with Crippen LogP contribution in [-0.2, 0) is 4.74 Å². The molecule has 0 unspecified atom stereocenters. The minimum atomic E-state index is -1.01. The van der Waals surface area contributed by atoms with E-state index in [2.05, 4.69) is 0 Å². The Morgan fingerprint density at radius 1 is 0.933 bits per heavy atom. The van der Waals surface area contributed by atoms with Gasteiger partial charge in [-0.2, -0.15) is 0 Å². The van der Waals surface area contributed by atoms with E-state index in [-0.39, 0.29) is 13.1 Å². The van der Waals surface area contributed by atoms with Gasteiger partial charge in [-0.3, -0.25) is 20.2 Å². The smallest absolute Gasteiger partial charge is 0.231 e. The molecular formula is C8H16N2O5. The van der Waals surface area contributed by atoms with Gasteiger partial charge in [0.1, 0.15) is 11.2 Å². The van der Waals surface area contributed by atoms with Crippen LogP contribution in [0, 0.1) is 20.2 Å². The third-order valence-electron chi connectivity index (χ3n) is 1.57. The van der Waals surface area contributed by atoms with Crippen molar-refractivity contribution in [3.8, 4) is 0 Å². The van der Waals surface area contributed by atoms with Crippen LogP contribution >= 0.6 is 0 Å². The van der Waals surface area contributed by atoms with Gasteiger partial charge in [-0.05, 0) is 27.7 Å². The van der Waals surface area contributed by atoms with Gasteiger partial charge in [0.15, 0.2) is 0 Å². The van der Waals surface area contributed by atoms with Crippen LogP contribution in [0.3, 0.4) is 0 Å². The van der Waals surface area contributed by atoms with Crippen LogP contribution in [0.1, 0.15) is 27.7 Å². The second-order valence-corrected chi connectivity index (χ2v) is 4.60.